The van der Waals surface area contributed by atoms with Gasteiger partial charge in [-0.3, -0.25) is 14.2 Å². The van der Waals surface area contributed by atoms with Gasteiger partial charge in [0.2, 0.25) is 5.91 Å². The van der Waals surface area contributed by atoms with Gasteiger partial charge >= 0.3 is 0 Å². The zero-order valence-electron chi connectivity index (χ0n) is 14.3. The van der Waals surface area contributed by atoms with Crippen molar-refractivity contribution in [3.63, 3.8) is 0 Å². The molecule has 0 bridgehead atoms. The van der Waals surface area contributed by atoms with Crippen molar-refractivity contribution in [1.82, 2.24) is 19.8 Å². The fraction of sp³-hybridized carbons (Fsp3) is 0.611. The van der Waals surface area contributed by atoms with Gasteiger partial charge in [0, 0.05) is 12.6 Å². The van der Waals surface area contributed by atoms with Crippen molar-refractivity contribution in [1.29, 1.82) is 0 Å². The number of carbonyl (C=O) groups excluding carboxylic acids is 1. The van der Waals surface area contributed by atoms with Crippen LogP contribution >= 0.6 is 11.3 Å². The average Bonchev–Trinajstić information content (AvgIpc) is 3.12. The molecule has 4 rings (SSSR count). The maximum atomic E-state index is 12.4. The zero-order valence-corrected chi connectivity index (χ0v) is 15.1. The maximum absolute atomic E-state index is 12.4. The van der Waals surface area contributed by atoms with Crippen molar-refractivity contribution in [2.75, 3.05) is 19.6 Å². The van der Waals surface area contributed by atoms with Crippen molar-refractivity contribution in [2.24, 2.45) is 5.92 Å². The van der Waals surface area contributed by atoms with E-state index in [0.717, 1.165) is 4.83 Å². The topological polar surface area (TPSA) is 67.2 Å². The molecule has 2 atom stereocenters. The van der Waals surface area contributed by atoms with Crippen LogP contribution in [0.4, 0.5) is 0 Å². The smallest absolute Gasteiger partial charge is 0.262 e. The lowest BCUT2D eigenvalue weighted by Crippen LogP contribution is -2.51. The van der Waals surface area contributed by atoms with Gasteiger partial charge in [-0.25, -0.2) is 4.98 Å². The molecule has 1 N–H and O–H groups in total. The molecular formula is C18H24N4O2S. The van der Waals surface area contributed by atoms with E-state index >= 15 is 0 Å². The largest absolute Gasteiger partial charge is 0.354 e. The summed E-state index contributed by atoms with van der Waals surface area (Å²) in [7, 11) is 0. The van der Waals surface area contributed by atoms with E-state index in [1.807, 2.05) is 5.38 Å². The molecule has 134 valence electrons. The average molecular weight is 360 g/mol. The molecule has 4 heterocycles. The summed E-state index contributed by atoms with van der Waals surface area (Å²) in [6, 6.07) is 2.39. The Bertz CT molecular complexity index is 813. The summed E-state index contributed by atoms with van der Waals surface area (Å²) in [5.74, 6) is 0.429. The van der Waals surface area contributed by atoms with Crippen molar-refractivity contribution in [2.45, 2.75) is 44.7 Å². The molecule has 2 aliphatic heterocycles. The Hall–Kier alpha value is -1.73. The van der Waals surface area contributed by atoms with Gasteiger partial charge in [0.25, 0.3) is 5.56 Å². The van der Waals surface area contributed by atoms with Crippen LogP contribution in [0.25, 0.3) is 10.2 Å². The summed E-state index contributed by atoms with van der Waals surface area (Å²) in [6.07, 6.45) is 7.73. The van der Waals surface area contributed by atoms with Gasteiger partial charge in [0.05, 0.1) is 11.7 Å². The zero-order chi connectivity index (χ0) is 17.2. The Labute approximate surface area is 150 Å². The van der Waals surface area contributed by atoms with Crippen LogP contribution in [0, 0.1) is 5.92 Å². The molecule has 2 saturated heterocycles. The number of carbonyl (C=O) groups is 1. The predicted octanol–water partition coefficient (Wildman–Crippen LogP) is 1.84. The van der Waals surface area contributed by atoms with Crippen LogP contribution in [0.2, 0.25) is 0 Å². The normalized spacial score (nSPS) is 24.2. The first-order valence-electron chi connectivity index (χ1n) is 9.16. The Morgan fingerprint density at radius 2 is 2.16 bits per heavy atom. The highest BCUT2D eigenvalue weighted by molar-refractivity contribution is 7.16. The van der Waals surface area contributed by atoms with Crippen molar-refractivity contribution in [3.8, 4) is 0 Å². The third-order valence-electron chi connectivity index (χ3n) is 5.55. The van der Waals surface area contributed by atoms with Gasteiger partial charge in [-0.05, 0) is 56.1 Å². The van der Waals surface area contributed by atoms with E-state index in [9.17, 15) is 9.59 Å². The van der Waals surface area contributed by atoms with Crippen LogP contribution in [0.3, 0.4) is 0 Å². The fourth-order valence-corrected chi connectivity index (χ4v) is 5.00. The molecule has 0 unspecified atom stereocenters. The van der Waals surface area contributed by atoms with E-state index in [1.54, 1.807) is 6.07 Å². The molecule has 2 aromatic heterocycles. The van der Waals surface area contributed by atoms with Gasteiger partial charge in [-0.1, -0.05) is 6.42 Å². The second-order valence-corrected chi connectivity index (χ2v) is 8.02. The molecule has 1 amide bonds. The molecule has 0 aliphatic carbocycles. The van der Waals surface area contributed by atoms with Crippen molar-refractivity contribution < 1.29 is 4.79 Å². The number of aromatic nitrogens is 2. The van der Waals surface area contributed by atoms with Crippen LogP contribution in [0.15, 0.2) is 22.6 Å². The van der Waals surface area contributed by atoms with E-state index in [4.69, 9.17) is 0 Å². The number of piperidine rings is 2. The van der Waals surface area contributed by atoms with Crippen LogP contribution < -0.4 is 10.9 Å². The molecule has 0 aromatic carbocycles. The van der Waals surface area contributed by atoms with Crippen molar-refractivity contribution in [3.05, 3.63) is 28.1 Å². The van der Waals surface area contributed by atoms with Crippen LogP contribution in [-0.2, 0) is 11.3 Å². The van der Waals surface area contributed by atoms with Crippen LogP contribution in [-0.4, -0.2) is 46.0 Å². The fourth-order valence-electron chi connectivity index (χ4n) is 4.28. The quantitative estimate of drug-likeness (QED) is 0.903. The van der Waals surface area contributed by atoms with Gasteiger partial charge in [0.1, 0.15) is 11.4 Å². The van der Waals surface area contributed by atoms with E-state index in [1.165, 1.54) is 67.4 Å². The van der Waals surface area contributed by atoms with Gasteiger partial charge < -0.3 is 10.2 Å². The maximum Gasteiger partial charge on any atom is 0.262 e. The Morgan fingerprint density at radius 1 is 1.28 bits per heavy atom. The van der Waals surface area contributed by atoms with Crippen LogP contribution in [0.5, 0.6) is 0 Å². The lowest BCUT2D eigenvalue weighted by molar-refractivity contribution is -0.122. The Morgan fingerprint density at radius 3 is 3.08 bits per heavy atom. The number of thiophene rings is 1. The lowest BCUT2D eigenvalue weighted by Gasteiger charge is -2.44. The summed E-state index contributed by atoms with van der Waals surface area (Å²) < 4.78 is 1.40. The monoisotopic (exact) mass is 360 g/mol. The summed E-state index contributed by atoms with van der Waals surface area (Å²) in [5.41, 5.74) is -0.141. The molecule has 0 saturated carbocycles. The number of nitrogens with one attached hydrogen (secondary N) is 1. The highest BCUT2D eigenvalue weighted by atomic mass is 32.1. The second-order valence-electron chi connectivity index (χ2n) is 7.12. The minimum Gasteiger partial charge on any atom is -0.354 e. The molecule has 2 aliphatic rings. The molecule has 6 nitrogen and oxygen atoms in total. The van der Waals surface area contributed by atoms with Gasteiger partial charge in [0.15, 0.2) is 0 Å². The van der Waals surface area contributed by atoms with Gasteiger partial charge in [-0.2, -0.15) is 0 Å². The number of hydrogen-bond acceptors (Lipinski definition) is 5. The standard InChI is InChI=1S/C18H24N4O2S/c23-16(11-22-12-20-17-14(18(22)24)6-9-25-17)19-10-13-4-3-8-21-7-2-1-5-15(13)21/h6,9,12-13,15H,1-5,7-8,10-11H2,(H,19,23)/t13-,15-/m1/s1. The van der Waals surface area contributed by atoms with E-state index in [2.05, 4.69) is 15.2 Å². The number of amides is 1. The molecule has 2 aromatic rings. The Balaban J connectivity index is 1.37. The summed E-state index contributed by atoms with van der Waals surface area (Å²) >= 11 is 1.44. The van der Waals surface area contributed by atoms with Gasteiger partial charge in [-0.15, -0.1) is 11.3 Å². The minimum absolute atomic E-state index is 0.0404. The third kappa shape index (κ3) is 3.48. The number of nitrogens with zero attached hydrogens (tertiary/aromatic N) is 3. The number of hydrogen-bond donors (Lipinski definition) is 1. The molecule has 7 heteroatoms. The molecule has 25 heavy (non-hydrogen) atoms. The SMILES string of the molecule is O=C(Cn1cnc2sccc2c1=O)NC[C@H]1CCCN2CCCC[C@H]12. The predicted molar refractivity (Wildman–Crippen MR) is 98.8 cm³/mol. The van der Waals surface area contributed by atoms with E-state index < -0.39 is 0 Å². The van der Waals surface area contributed by atoms with Crippen LogP contribution in [0.1, 0.15) is 32.1 Å². The third-order valence-corrected chi connectivity index (χ3v) is 6.38. The summed E-state index contributed by atoms with van der Waals surface area (Å²) in [4.78, 5) is 32.3. The molecule has 2 fully saturated rings. The number of fused-ring (bicyclic) bond motifs is 2. The Kier molecular flexibility index (Phi) is 4.85. The first-order chi connectivity index (χ1) is 12.2. The van der Waals surface area contributed by atoms with E-state index in [-0.39, 0.29) is 18.0 Å². The first-order valence-corrected chi connectivity index (χ1v) is 10.0. The van der Waals surface area contributed by atoms with Crippen molar-refractivity contribution >= 4 is 27.5 Å². The summed E-state index contributed by atoms with van der Waals surface area (Å²) in [5, 5.41) is 5.49. The minimum atomic E-state index is -0.141. The number of rotatable bonds is 4. The summed E-state index contributed by atoms with van der Waals surface area (Å²) in [6.45, 7) is 3.16. The second kappa shape index (κ2) is 7.25. The highest BCUT2D eigenvalue weighted by Crippen LogP contribution is 2.30. The lowest BCUT2D eigenvalue weighted by atomic mass is 9.83. The molecular weight excluding hydrogens is 336 g/mol. The molecule has 0 radical (unpaired) electrons. The first kappa shape index (κ1) is 16.7. The highest BCUT2D eigenvalue weighted by Gasteiger charge is 2.32. The molecule has 0 spiro atoms. The van der Waals surface area contributed by atoms with E-state index in [0.29, 0.717) is 23.9 Å².